The summed E-state index contributed by atoms with van der Waals surface area (Å²) in [4.78, 5) is 9.48. The topological polar surface area (TPSA) is 25.8 Å². The van der Waals surface area contributed by atoms with Gasteiger partial charge in [0.2, 0.25) is 0 Å². The second-order valence-electron chi connectivity index (χ2n) is 13.0. The third kappa shape index (κ3) is 5.10. The van der Waals surface area contributed by atoms with Gasteiger partial charge in [0, 0.05) is 43.7 Å². The van der Waals surface area contributed by atoms with E-state index in [4.69, 9.17) is 9.97 Å². The second kappa shape index (κ2) is 12.2. The van der Waals surface area contributed by atoms with E-state index in [2.05, 4.69) is 146 Å². The zero-order valence-corrected chi connectivity index (χ0v) is 28.4. The van der Waals surface area contributed by atoms with Crippen molar-refractivity contribution >= 4 is 53.1 Å². The van der Waals surface area contributed by atoms with Crippen LogP contribution in [0.4, 0.5) is 0 Å². The summed E-state index contributed by atoms with van der Waals surface area (Å²) in [7, 11) is 0. The van der Waals surface area contributed by atoms with Crippen LogP contribution in [0, 0.1) is 0 Å². The first-order chi connectivity index (χ1) is 25.3. The highest BCUT2D eigenvalue weighted by atomic mass is 32.1. The molecule has 3 heterocycles. The molecule has 0 fully saturated rings. The van der Waals surface area contributed by atoms with Crippen LogP contribution >= 0.6 is 11.3 Å². The van der Waals surface area contributed by atoms with Crippen molar-refractivity contribution in [2.75, 3.05) is 0 Å². The third-order valence-corrected chi connectivity index (χ3v) is 11.1. The van der Waals surface area contributed by atoms with E-state index in [1.807, 2.05) is 48.0 Å². The highest BCUT2D eigenvalue weighted by Gasteiger charge is 2.19. The van der Waals surface area contributed by atoms with Gasteiger partial charge in [0.05, 0.1) is 11.4 Å². The van der Waals surface area contributed by atoms with Gasteiger partial charge in [-0.25, -0.2) is 0 Å². The summed E-state index contributed by atoms with van der Waals surface area (Å²) >= 11 is 1.86. The predicted molar refractivity (Wildman–Crippen MR) is 217 cm³/mol. The molecule has 10 rings (SSSR count). The normalized spacial score (nSPS) is 11.5. The van der Waals surface area contributed by atoms with Crippen LogP contribution in [-0.2, 0) is 0 Å². The molecule has 0 atom stereocenters. The lowest BCUT2D eigenvalue weighted by molar-refractivity contribution is 1.31. The Balaban J connectivity index is 1.20. The van der Waals surface area contributed by atoms with E-state index < -0.39 is 0 Å². The van der Waals surface area contributed by atoms with E-state index in [0.717, 1.165) is 28.1 Å². The van der Waals surface area contributed by atoms with Crippen molar-refractivity contribution in [2.24, 2.45) is 0 Å². The fourth-order valence-corrected chi connectivity index (χ4v) is 8.73. The quantitative estimate of drug-likeness (QED) is 0.171. The summed E-state index contributed by atoms with van der Waals surface area (Å²) in [5.74, 6) is 0. The van der Waals surface area contributed by atoms with E-state index in [1.54, 1.807) is 0 Å². The van der Waals surface area contributed by atoms with Crippen molar-refractivity contribution in [3.8, 4) is 55.9 Å². The summed E-state index contributed by atoms with van der Waals surface area (Å²) in [6.07, 6.45) is 3.72. The number of hydrogen-bond acceptors (Lipinski definition) is 3. The summed E-state index contributed by atoms with van der Waals surface area (Å²) in [6.45, 7) is 0. The van der Waals surface area contributed by atoms with Crippen LogP contribution in [0.5, 0.6) is 0 Å². The molecule has 7 aromatic carbocycles. The molecule has 2 nitrogen and oxygen atoms in total. The molecule has 0 aliphatic carbocycles. The molecule has 3 heteroatoms. The molecule has 0 aliphatic rings. The van der Waals surface area contributed by atoms with Crippen LogP contribution in [0.1, 0.15) is 0 Å². The Labute approximate surface area is 300 Å². The van der Waals surface area contributed by atoms with Gasteiger partial charge < -0.3 is 0 Å². The Hall–Kier alpha value is -6.42. The average Bonchev–Trinajstić information content (AvgIpc) is 3.58. The minimum atomic E-state index is 0.937. The zero-order chi connectivity index (χ0) is 33.7. The van der Waals surface area contributed by atoms with Crippen molar-refractivity contribution < 1.29 is 0 Å². The molecule has 0 amide bonds. The molecule has 0 saturated carbocycles. The van der Waals surface area contributed by atoms with Crippen molar-refractivity contribution in [3.63, 3.8) is 0 Å². The molecule has 0 saturated heterocycles. The van der Waals surface area contributed by atoms with Crippen LogP contribution in [0.3, 0.4) is 0 Å². The number of hydrogen-bond donors (Lipinski definition) is 0. The lowest BCUT2D eigenvalue weighted by atomic mass is 9.84. The SMILES string of the molecule is c1ccc(-c2cc(-c3ccccn3)cc(-c3c4ccccc4c(-c4cccc(-c5ccc6sc7ccccc7c6c5)c4)c4ccccc34)c2)nc1. The maximum Gasteiger partial charge on any atom is 0.0702 e. The minimum Gasteiger partial charge on any atom is -0.256 e. The maximum atomic E-state index is 4.74. The van der Waals surface area contributed by atoms with Gasteiger partial charge in [-0.2, -0.15) is 0 Å². The van der Waals surface area contributed by atoms with Gasteiger partial charge in [0.25, 0.3) is 0 Å². The maximum absolute atomic E-state index is 4.74. The van der Waals surface area contributed by atoms with Crippen LogP contribution in [0.2, 0.25) is 0 Å². The number of pyridine rings is 2. The Morgan fingerprint density at radius 3 is 1.37 bits per heavy atom. The lowest BCUT2D eigenvalue weighted by Gasteiger charge is -2.19. The van der Waals surface area contributed by atoms with Gasteiger partial charge in [-0.3, -0.25) is 9.97 Å². The van der Waals surface area contributed by atoms with E-state index in [-0.39, 0.29) is 0 Å². The number of benzene rings is 7. The highest BCUT2D eigenvalue weighted by Crippen LogP contribution is 2.46. The van der Waals surface area contributed by atoms with Crippen LogP contribution in [0.25, 0.3) is 97.6 Å². The van der Waals surface area contributed by atoms with Crippen molar-refractivity contribution in [2.45, 2.75) is 0 Å². The monoisotopic (exact) mass is 666 g/mol. The second-order valence-corrected chi connectivity index (χ2v) is 14.0. The van der Waals surface area contributed by atoms with Crippen LogP contribution < -0.4 is 0 Å². The molecule has 0 aliphatic heterocycles. The Morgan fingerprint density at radius 2 is 0.765 bits per heavy atom. The predicted octanol–water partition coefficient (Wildman–Crippen LogP) is 13.5. The molecule has 3 aromatic heterocycles. The van der Waals surface area contributed by atoms with Crippen molar-refractivity contribution in [1.82, 2.24) is 9.97 Å². The first-order valence-corrected chi connectivity index (χ1v) is 18.0. The molecular weight excluding hydrogens is 637 g/mol. The number of thiophene rings is 1. The molecule has 0 spiro atoms. The van der Waals surface area contributed by atoms with E-state index in [9.17, 15) is 0 Å². The van der Waals surface area contributed by atoms with Gasteiger partial charge in [0.1, 0.15) is 0 Å². The molecular formula is C48H30N2S. The Kier molecular flexibility index (Phi) is 7.04. The molecule has 10 aromatic rings. The standard InChI is InChI=1S/C48H30N2S/c1-3-17-40-38(15-1)47(33-13-11-12-31(26-33)32-22-23-46-42(30-32)37-14-5-6-21-45(37)51-46)39-16-2-4-18-41(39)48(40)36-28-34(43-19-7-9-24-49-43)27-35(29-36)44-20-8-10-25-50-44/h1-30H. The van der Waals surface area contributed by atoms with Crippen molar-refractivity contribution in [1.29, 1.82) is 0 Å². The first-order valence-electron chi connectivity index (χ1n) is 17.2. The molecule has 0 N–H and O–H groups in total. The largest absolute Gasteiger partial charge is 0.256 e. The number of rotatable bonds is 5. The van der Waals surface area contributed by atoms with E-state index in [0.29, 0.717) is 0 Å². The first kappa shape index (κ1) is 29.5. The van der Waals surface area contributed by atoms with Gasteiger partial charge in [-0.15, -0.1) is 11.3 Å². The Morgan fingerprint density at radius 1 is 0.294 bits per heavy atom. The molecule has 0 unspecified atom stereocenters. The molecule has 0 radical (unpaired) electrons. The lowest BCUT2D eigenvalue weighted by Crippen LogP contribution is -1.93. The van der Waals surface area contributed by atoms with Gasteiger partial charge in [0.15, 0.2) is 0 Å². The smallest absolute Gasteiger partial charge is 0.0702 e. The van der Waals surface area contributed by atoms with Crippen molar-refractivity contribution in [3.05, 3.63) is 182 Å². The van der Waals surface area contributed by atoms with Crippen LogP contribution in [0.15, 0.2) is 182 Å². The molecule has 238 valence electrons. The van der Waals surface area contributed by atoms with E-state index in [1.165, 1.54) is 69.5 Å². The number of nitrogens with zero attached hydrogens (tertiary/aromatic N) is 2. The van der Waals surface area contributed by atoms with E-state index >= 15 is 0 Å². The van der Waals surface area contributed by atoms with Crippen LogP contribution in [-0.4, -0.2) is 9.97 Å². The van der Waals surface area contributed by atoms with Gasteiger partial charge in [-0.1, -0.05) is 103 Å². The highest BCUT2D eigenvalue weighted by molar-refractivity contribution is 7.25. The summed E-state index contributed by atoms with van der Waals surface area (Å²) in [5, 5.41) is 7.52. The Bertz CT molecular complexity index is 2790. The fraction of sp³-hybridized carbons (Fsp3) is 0. The van der Waals surface area contributed by atoms with Gasteiger partial charge >= 0.3 is 0 Å². The molecule has 51 heavy (non-hydrogen) atoms. The fourth-order valence-electron chi connectivity index (χ4n) is 7.65. The summed E-state index contributed by atoms with van der Waals surface area (Å²) in [5.41, 5.74) is 11.3. The zero-order valence-electron chi connectivity index (χ0n) is 27.6. The van der Waals surface area contributed by atoms with Gasteiger partial charge in [-0.05, 0) is 122 Å². The number of aromatic nitrogens is 2. The average molecular weight is 667 g/mol. The molecule has 0 bridgehead atoms. The minimum absolute atomic E-state index is 0.937. The summed E-state index contributed by atoms with van der Waals surface area (Å²) in [6, 6.07) is 61.4. The number of fused-ring (bicyclic) bond motifs is 5. The third-order valence-electron chi connectivity index (χ3n) is 9.94. The summed E-state index contributed by atoms with van der Waals surface area (Å²) < 4.78 is 2.65.